The van der Waals surface area contributed by atoms with Gasteiger partial charge in [0.15, 0.2) is 0 Å². The lowest BCUT2D eigenvalue weighted by Gasteiger charge is -2.36. The Morgan fingerprint density at radius 2 is 2.00 bits per heavy atom. The van der Waals surface area contributed by atoms with Crippen LogP contribution in [0.5, 0.6) is 0 Å². The molecule has 17 heavy (non-hydrogen) atoms. The minimum Gasteiger partial charge on any atom is -0.373 e. The molecule has 1 aliphatic heterocycles. The number of alkyl halides is 1. The van der Waals surface area contributed by atoms with Gasteiger partial charge in [0.05, 0.1) is 27.9 Å². The van der Waals surface area contributed by atoms with Gasteiger partial charge in [-0.05, 0) is 47.5 Å². The molecule has 2 unspecified atom stereocenters. The van der Waals surface area contributed by atoms with E-state index in [4.69, 9.17) is 4.74 Å². The lowest BCUT2D eigenvalue weighted by Crippen LogP contribution is -2.48. The molecular formula is C12H24INO2S. The Morgan fingerprint density at radius 3 is 2.47 bits per heavy atom. The first kappa shape index (κ1) is 15.9. The van der Waals surface area contributed by atoms with Crippen molar-refractivity contribution in [1.29, 1.82) is 0 Å². The molecule has 0 radical (unpaired) electrons. The topological polar surface area (TPSA) is 38.3 Å². The van der Waals surface area contributed by atoms with E-state index in [9.17, 15) is 4.21 Å². The molecule has 0 aromatic rings. The van der Waals surface area contributed by atoms with Crippen molar-refractivity contribution in [3.8, 4) is 0 Å². The summed E-state index contributed by atoms with van der Waals surface area (Å²) in [6.45, 7) is 10.1. The summed E-state index contributed by atoms with van der Waals surface area (Å²) >= 11 is 2.45. The van der Waals surface area contributed by atoms with E-state index in [1.807, 2.05) is 20.8 Å². The van der Waals surface area contributed by atoms with Crippen LogP contribution in [-0.4, -0.2) is 31.1 Å². The molecule has 1 rings (SSSR count). The molecule has 102 valence electrons. The third-order valence-electron chi connectivity index (χ3n) is 3.03. The molecule has 1 fully saturated rings. The molecular weight excluding hydrogens is 349 g/mol. The van der Waals surface area contributed by atoms with Crippen LogP contribution < -0.4 is 4.72 Å². The van der Waals surface area contributed by atoms with Crippen LogP contribution in [0.3, 0.4) is 0 Å². The van der Waals surface area contributed by atoms with Crippen LogP contribution in [0.1, 0.15) is 47.5 Å². The van der Waals surface area contributed by atoms with Gasteiger partial charge >= 0.3 is 0 Å². The third kappa shape index (κ3) is 4.76. The Kier molecular flexibility index (Phi) is 5.88. The summed E-state index contributed by atoms with van der Waals surface area (Å²) in [5.74, 6) is 0. The van der Waals surface area contributed by atoms with Crippen LogP contribution in [0.2, 0.25) is 0 Å². The highest BCUT2D eigenvalue weighted by atomic mass is 127. The average molecular weight is 373 g/mol. The molecule has 0 aromatic carbocycles. The number of halogens is 1. The van der Waals surface area contributed by atoms with Crippen LogP contribution in [0.4, 0.5) is 0 Å². The summed E-state index contributed by atoms with van der Waals surface area (Å²) in [6.07, 6.45) is 2.71. The van der Waals surface area contributed by atoms with Gasteiger partial charge in [0, 0.05) is 9.97 Å². The fourth-order valence-electron chi connectivity index (χ4n) is 1.78. The SMILES string of the molecule is CC1O[C@H]([C@@H](C)N[S@](=O)C(C)(C)C)CCC1I. The Bertz CT molecular complexity index is 280. The van der Waals surface area contributed by atoms with E-state index in [1.54, 1.807) is 0 Å². The maximum absolute atomic E-state index is 12.0. The second-order valence-electron chi connectivity index (χ2n) is 5.76. The molecule has 3 nitrogen and oxygen atoms in total. The van der Waals surface area contributed by atoms with Gasteiger partial charge in [-0.25, -0.2) is 8.93 Å². The summed E-state index contributed by atoms with van der Waals surface area (Å²) in [5, 5.41) is 0. The quantitative estimate of drug-likeness (QED) is 0.610. The molecule has 1 N–H and O–H groups in total. The van der Waals surface area contributed by atoms with E-state index in [-0.39, 0.29) is 16.9 Å². The van der Waals surface area contributed by atoms with E-state index < -0.39 is 11.0 Å². The molecule has 0 aliphatic carbocycles. The summed E-state index contributed by atoms with van der Waals surface area (Å²) in [5.41, 5.74) is 0. The Hall–Kier alpha value is 0.800. The molecule has 0 saturated carbocycles. The highest BCUT2D eigenvalue weighted by Gasteiger charge is 2.31. The van der Waals surface area contributed by atoms with Crippen LogP contribution in [0.15, 0.2) is 0 Å². The maximum atomic E-state index is 12.0. The lowest BCUT2D eigenvalue weighted by molar-refractivity contribution is -0.0443. The number of hydrogen-bond donors (Lipinski definition) is 1. The zero-order valence-corrected chi connectivity index (χ0v) is 14.3. The molecule has 1 aliphatic rings. The van der Waals surface area contributed by atoms with Crippen molar-refractivity contribution < 1.29 is 8.95 Å². The molecule has 1 saturated heterocycles. The fourth-order valence-corrected chi connectivity index (χ4v) is 3.15. The van der Waals surface area contributed by atoms with Crippen molar-refractivity contribution in [2.75, 3.05) is 0 Å². The van der Waals surface area contributed by atoms with Crippen molar-refractivity contribution in [2.24, 2.45) is 0 Å². The van der Waals surface area contributed by atoms with Gasteiger partial charge in [0.2, 0.25) is 0 Å². The lowest BCUT2D eigenvalue weighted by atomic mass is 10.0. The molecule has 0 spiro atoms. The van der Waals surface area contributed by atoms with Crippen molar-refractivity contribution in [1.82, 2.24) is 4.72 Å². The fraction of sp³-hybridized carbons (Fsp3) is 1.00. The number of nitrogens with one attached hydrogen (secondary N) is 1. The van der Waals surface area contributed by atoms with Crippen LogP contribution in [0.25, 0.3) is 0 Å². The first-order valence-corrected chi connectivity index (χ1v) is 8.59. The van der Waals surface area contributed by atoms with Crippen LogP contribution in [0, 0.1) is 0 Å². The molecule has 5 atom stereocenters. The highest BCUT2D eigenvalue weighted by molar-refractivity contribution is 14.1. The van der Waals surface area contributed by atoms with Crippen molar-refractivity contribution in [3.05, 3.63) is 0 Å². The first-order chi connectivity index (χ1) is 7.71. The predicted molar refractivity (Wildman–Crippen MR) is 81.9 cm³/mol. The predicted octanol–water partition coefficient (Wildman–Crippen LogP) is 2.80. The van der Waals surface area contributed by atoms with Gasteiger partial charge in [0.1, 0.15) is 0 Å². The first-order valence-electron chi connectivity index (χ1n) is 6.19. The van der Waals surface area contributed by atoms with Gasteiger partial charge in [-0.2, -0.15) is 0 Å². The van der Waals surface area contributed by atoms with Crippen LogP contribution in [-0.2, 0) is 15.7 Å². The van der Waals surface area contributed by atoms with E-state index >= 15 is 0 Å². The highest BCUT2D eigenvalue weighted by Crippen LogP contribution is 2.27. The number of rotatable bonds is 3. The smallest absolute Gasteiger partial charge is 0.0973 e. The van der Waals surface area contributed by atoms with Crippen molar-refractivity contribution >= 4 is 33.6 Å². The largest absolute Gasteiger partial charge is 0.373 e. The van der Waals surface area contributed by atoms with Crippen molar-refractivity contribution in [3.63, 3.8) is 0 Å². The average Bonchev–Trinajstić information content (AvgIpc) is 2.20. The van der Waals surface area contributed by atoms with Crippen molar-refractivity contribution in [2.45, 2.75) is 74.4 Å². The monoisotopic (exact) mass is 373 g/mol. The van der Waals surface area contributed by atoms with E-state index in [2.05, 4.69) is 41.2 Å². The second-order valence-corrected chi connectivity index (χ2v) is 9.36. The summed E-state index contributed by atoms with van der Waals surface area (Å²) in [4.78, 5) is 0. The van der Waals surface area contributed by atoms with Gasteiger partial charge in [-0.15, -0.1) is 0 Å². The third-order valence-corrected chi connectivity index (χ3v) is 6.37. The molecule has 0 bridgehead atoms. The Labute approximate surface area is 121 Å². The minimum absolute atomic E-state index is 0.140. The molecule has 1 heterocycles. The molecule has 5 heteroatoms. The minimum atomic E-state index is -1.02. The molecule has 0 amide bonds. The zero-order chi connectivity index (χ0) is 13.2. The second kappa shape index (κ2) is 6.30. The van der Waals surface area contributed by atoms with Gasteiger partial charge < -0.3 is 4.74 Å². The summed E-state index contributed by atoms with van der Waals surface area (Å²) < 4.78 is 21.5. The molecule has 0 aromatic heterocycles. The van der Waals surface area contributed by atoms with E-state index in [1.165, 1.54) is 6.42 Å². The number of hydrogen-bond acceptors (Lipinski definition) is 2. The number of ether oxygens (including phenoxy) is 1. The van der Waals surface area contributed by atoms with Crippen LogP contribution >= 0.6 is 22.6 Å². The van der Waals surface area contributed by atoms with E-state index in [0.717, 1.165) is 6.42 Å². The van der Waals surface area contributed by atoms with Gasteiger partial charge in [-0.1, -0.05) is 22.6 Å². The zero-order valence-electron chi connectivity index (χ0n) is 11.3. The standard InChI is InChI=1S/C12H24INO2S/c1-8(14-17(15)12(3,4)5)11-7-6-10(13)9(2)16-11/h8-11,14H,6-7H2,1-5H3/t8-,9?,10?,11+,17-/m1/s1. The summed E-state index contributed by atoms with van der Waals surface area (Å²) in [7, 11) is -1.02. The summed E-state index contributed by atoms with van der Waals surface area (Å²) in [6, 6.07) is 0.140. The Balaban J connectivity index is 2.48. The maximum Gasteiger partial charge on any atom is 0.0973 e. The Morgan fingerprint density at radius 1 is 1.41 bits per heavy atom. The van der Waals surface area contributed by atoms with Gasteiger partial charge in [-0.3, -0.25) is 0 Å². The normalized spacial score (nSPS) is 34.4. The van der Waals surface area contributed by atoms with Gasteiger partial charge in [0.25, 0.3) is 0 Å². The van der Waals surface area contributed by atoms with E-state index in [0.29, 0.717) is 10.0 Å².